The normalized spacial score (nSPS) is 16.8. The van der Waals surface area contributed by atoms with Crippen LogP contribution in [0.1, 0.15) is 34.8 Å². The molecule has 40 heavy (non-hydrogen) atoms. The van der Waals surface area contributed by atoms with Crippen molar-refractivity contribution in [2.75, 3.05) is 35.0 Å². The van der Waals surface area contributed by atoms with E-state index in [0.717, 1.165) is 11.1 Å². The van der Waals surface area contributed by atoms with Crippen molar-refractivity contribution in [3.63, 3.8) is 0 Å². The van der Waals surface area contributed by atoms with E-state index in [9.17, 15) is 19.0 Å². The van der Waals surface area contributed by atoms with Crippen LogP contribution in [0, 0.1) is 0 Å². The number of carbonyl (C=O) groups is 1. The van der Waals surface area contributed by atoms with Crippen LogP contribution >= 0.6 is 34.0 Å². The summed E-state index contributed by atoms with van der Waals surface area (Å²) in [4.78, 5) is 13.6. The van der Waals surface area contributed by atoms with Gasteiger partial charge in [-0.15, -0.1) is 10.8 Å². The van der Waals surface area contributed by atoms with E-state index in [1.807, 2.05) is 43.3 Å². The number of hydrogen-bond acceptors (Lipinski definition) is 7. The van der Waals surface area contributed by atoms with Gasteiger partial charge in [0.2, 0.25) is 0 Å². The van der Waals surface area contributed by atoms with Crippen molar-refractivity contribution in [1.29, 1.82) is 0 Å². The zero-order valence-electron chi connectivity index (χ0n) is 22.3. The van der Waals surface area contributed by atoms with Gasteiger partial charge < -0.3 is 21.1 Å². The van der Waals surface area contributed by atoms with Crippen LogP contribution in [0.4, 0.5) is 11.4 Å². The quantitative estimate of drug-likeness (QED) is 0.154. The predicted octanol–water partition coefficient (Wildman–Crippen LogP) is 5.79. The standard InChI is InChI=1S/C29H36Cl2N4O4S/c1-2-33-25-14-22(15-26(17-25)35-9-6-10-40(35,38)39)29(37)34-27(13-20-7-4-3-5-8-20)28(36)19-32-18-21-11-23(30)16-24(31)12-21/h3-5,7-8,11-12,14-17,27-28,32-33,36,38-39H,2,6,9-10,13,18-19H2,1H3,(H,34,37)/t27-,28+/m0/s1. The smallest absolute Gasteiger partial charge is 0.251 e. The van der Waals surface area contributed by atoms with Crippen molar-refractivity contribution >= 4 is 51.3 Å². The minimum absolute atomic E-state index is 0.222. The molecule has 1 aliphatic rings. The SMILES string of the molecule is CCNc1cc(C(=O)N[C@@H](Cc2ccccc2)[C@H](O)CNCc2cc(Cl)cc(Cl)c2)cc(N2CCCS2(O)O)c1. The monoisotopic (exact) mass is 606 g/mol. The lowest BCUT2D eigenvalue weighted by Gasteiger charge is -2.38. The van der Waals surface area contributed by atoms with E-state index in [4.69, 9.17) is 23.2 Å². The first-order valence-corrected chi connectivity index (χ1v) is 15.7. The lowest BCUT2D eigenvalue weighted by atomic mass is 10.00. The molecule has 0 aromatic heterocycles. The second-order valence-corrected chi connectivity index (χ2v) is 12.8. The molecule has 0 unspecified atom stereocenters. The molecule has 1 heterocycles. The molecule has 3 aromatic carbocycles. The molecule has 0 aliphatic carbocycles. The number of anilines is 2. The molecule has 0 spiro atoms. The van der Waals surface area contributed by atoms with Crippen LogP contribution in [0.25, 0.3) is 0 Å². The topological polar surface area (TPSA) is 117 Å². The third kappa shape index (κ3) is 8.27. The molecule has 1 aliphatic heterocycles. The number of aliphatic hydroxyl groups excluding tert-OH is 1. The van der Waals surface area contributed by atoms with E-state index >= 15 is 0 Å². The molecular formula is C29H36Cl2N4O4S. The average Bonchev–Trinajstić information content (AvgIpc) is 3.27. The molecule has 8 nitrogen and oxygen atoms in total. The maximum absolute atomic E-state index is 13.6. The van der Waals surface area contributed by atoms with Crippen molar-refractivity contribution in [2.45, 2.75) is 38.5 Å². The highest BCUT2D eigenvalue weighted by molar-refractivity contribution is 8.25. The van der Waals surface area contributed by atoms with Gasteiger partial charge in [0, 0.05) is 47.5 Å². The van der Waals surface area contributed by atoms with E-state index in [0.29, 0.717) is 65.2 Å². The summed E-state index contributed by atoms with van der Waals surface area (Å²) in [6, 6.07) is 19.6. The number of amides is 1. The summed E-state index contributed by atoms with van der Waals surface area (Å²) in [7, 11) is -2.92. The minimum Gasteiger partial charge on any atom is -0.390 e. The Morgan fingerprint density at radius 2 is 1.75 bits per heavy atom. The van der Waals surface area contributed by atoms with Gasteiger partial charge in [0.1, 0.15) is 0 Å². The van der Waals surface area contributed by atoms with Gasteiger partial charge in [0.25, 0.3) is 5.91 Å². The summed E-state index contributed by atoms with van der Waals surface area (Å²) in [5.41, 5.74) is 3.50. The van der Waals surface area contributed by atoms with Gasteiger partial charge in [-0.3, -0.25) is 18.2 Å². The van der Waals surface area contributed by atoms with Crippen molar-refractivity contribution in [1.82, 2.24) is 10.6 Å². The second-order valence-electron chi connectivity index (χ2n) is 9.84. The number of rotatable bonds is 12. The molecule has 4 rings (SSSR count). The zero-order valence-corrected chi connectivity index (χ0v) is 24.6. The molecule has 6 N–H and O–H groups in total. The van der Waals surface area contributed by atoms with Gasteiger partial charge in [-0.05, 0) is 67.3 Å². The van der Waals surface area contributed by atoms with Gasteiger partial charge >= 0.3 is 0 Å². The Labute approximate surface area is 247 Å². The fourth-order valence-electron chi connectivity index (χ4n) is 4.77. The molecule has 1 amide bonds. The first-order valence-electron chi connectivity index (χ1n) is 13.3. The van der Waals surface area contributed by atoms with Crippen LogP contribution < -0.4 is 20.3 Å². The summed E-state index contributed by atoms with van der Waals surface area (Å²) in [6.45, 7) is 3.75. The number of hydrogen-bond donors (Lipinski definition) is 6. The predicted molar refractivity (Wildman–Crippen MR) is 166 cm³/mol. The molecule has 0 saturated carbocycles. The van der Waals surface area contributed by atoms with Crippen molar-refractivity contribution in [3.05, 3.63) is 93.5 Å². The maximum Gasteiger partial charge on any atom is 0.251 e. The highest BCUT2D eigenvalue weighted by atomic mass is 35.5. The van der Waals surface area contributed by atoms with E-state index in [2.05, 4.69) is 16.0 Å². The van der Waals surface area contributed by atoms with Crippen LogP contribution in [-0.2, 0) is 13.0 Å². The molecule has 2 atom stereocenters. The Morgan fingerprint density at radius 3 is 2.40 bits per heavy atom. The Balaban J connectivity index is 1.52. The van der Waals surface area contributed by atoms with Crippen LogP contribution in [0.5, 0.6) is 0 Å². The average molecular weight is 608 g/mol. The lowest BCUT2D eigenvalue weighted by molar-refractivity contribution is 0.0830. The van der Waals surface area contributed by atoms with Gasteiger partial charge in [-0.1, -0.05) is 53.5 Å². The largest absolute Gasteiger partial charge is 0.390 e. The first-order chi connectivity index (χ1) is 19.1. The van der Waals surface area contributed by atoms with E-state index in [1.165, 1.54) is 0 Å². The maximum atomic E-state index is 13.6. The lowest BCUT2D eigenvalue weighted by Crippen LogP contribution is -2.48. The number of nitrogens with one attached hydrogen (secondary N) is 3. The van der Waals surface area contributed by atoms with E-state index < -0.39 is 22.9 Å². The van der Waals surface area contributed by atoms with Gasteiger partial charge in [0.05, 0.1) is 23.6 Å². The zero-order chi connectivity index (χ0) is 28.7. The Kier molecular flexibility index (Phi) is 10.6. The van der Waals surface area contributed by atoms with Gasteiger partial charge in [0.15, 0.2) is 0 Å². The van der Waals surface area contributed by atoms with Crippen LogP contribution in [0.15, 0.2) is 66.7 Å². The Bertz CT molecular complexity index is 1280. The summed E-state index contributed by atoms with van der Waals surface area (Å²) in [6.07, 6.45) is 0.181. The molecule has 1 saturated heterocycles. The van der Waals surface area contributed by atoms with Crippen molar-refractivity contribution in [3.8, 4) is 0 Å². The highest BCUT2D eigenvalue weighted by Crippen LogP contribution is 2.51. The molecule has 1 fully saturated rings. The van der Waals surface area contributed by atoms with E-state index in [1.54, 1.807) is 34.6 Å². The summed E-state index contributed by atoms with van der Waals surface area (Å²) in [5, 5.41) is 21.7. The fourth-order valence-corrected chi connectivity index (χ4v) is 6.94. The minimum atomic E-state index is -2.92. The van der Waals surface area contributed by atoms with Crippen molar-refractivity contribution in [2.24, 2.45) is 0 Å². The molecule has 0 radical (unpaired) electrons. The van der Waals surface area contributed by atoms with Crippen LogP contribution in [-0.4, -0.2) is 57.7 Å². The second kappa shape index (κ2) is 13.9. The Hall–Kier alpha value is -2.50. The Morgan fingerprint density at radius 1 is 1.02 bits per heavy atom. The fraction of sp³-hybridized carbons (Fsp3) is 0.345. The number of benzene rings is 3. The summed E-state index contributed by atoms with van der Waals surface area (Å²) in [5.74, 6) is -0.0574. The van der Waals surface area contributed by atoms with Gasteiger partial charge in [-0.25, -0.2) is 0 Å². The summed E-state index contributed by atoms with van der Waals surface area (Å²) < 4.78 is 22.6. The molecule has 3 aromatic rings. The number of carbonyl (C=O) groups excluding carboxylic acids is 1. The number of nitrogens with zero attached hydrogens (tertiary/aromatic N) is 1. The first kappa shape index (κ1) is 30.5. The van der Waals surface area contributed by atoms with E-state index in [-0.39, 0.29) is 12.5 Å². The van der Waals surface area contributed by atoms with Crippen LogP contribution in [0.3, 0.4) is 0 Å². The number of halogens is 2. The molecular weight excluding hydrogens is 571 g/mol. The van der Waals surface area contributed by atoms with Gasteiger partial charge in [-0.2, -0.15) is 0 Å². The summed E-state index contributed by atoms with van der Waals surface area (Å²) >= 11 is 12.2. The molecule has 216 valence electrons. The van der Waals surface area contributed by atoms with Crippen LogP contribution in [0.2, 0.25) is 10.0 Å². The highest BCUT2D eigenvalue weighted by Gasteiger charge is 2.30. The number of aliphatic hydroxyl groups is 1. The van der Waals surface area contributed by atoms with Crippen molar-refractivity contribution < 1.29 is 19.0 Å². The molecule has 11 heteroatoms. The third-order valence-corrected chi connectivity index (χ3v) is 9.04. The third-order valence-electron chi connectivity index (χ3n) is 6.67. The molecule has 0 bridgehead atoms.